The van der Waals surface area contributed by atoms with Gasteiger partial charge in [0.1, 0.15) is 0 Å². The van der Waals surface area contributed by atoms with E-state index in [4.69, 9.17) is 4.74 Å². The minimum atomic E-state index is -0.150. The number of carbonyl (C=O) groups excluding carboxylic acids is 2. The number of ether oxygens (including phenoxy) is 1. The summed E-state index contributed by atoms with van der Waals surface area (Å²) in [6, 6.07) is 14.6. The van der Waals surface area contributed by atoms with Gasteiger partial charge in [-0.2, -0.15) is 0 Å². The highest BCUT2D eigenvalue weighted by molar-refractivity contribution is 5.96. The molecule has 0 aromatic heterocycles. The molecule has 2 aromatic carbocycles. The lowest BCUT2D eigenvalue weighted by molar-refractivity contribution is -0.114. The number of hydrogen-bond acceptors (Lipinski definition) is 4. The molecule has 6 heteroatoms. The molecule has 6 nitrogen and oxygen atoms in total. The van der Waals surface area contributed by atoms with Crippen LogP contribution in [0.5, 0.6) is 0 Å². The molecular weight excluding hydrogens is 330 g/mol. The molecule has 0 aliphatic heterocycles. The molecule has 0 fully saturated rings. The third kappa shape index (κ3) is 6.57. The summed E-state index contributed by atoms with van der Waals surface area (Å²) in [7, 11) is 1.63. The van der Waals surface area contributed by atoms with E-state index < -0.39 is 0 Å². The van der Waals surface area contributed by atoms with Gasteiger partial charge in [0, 0.05) is 37.2 Å². The molecule has 0 aliphatic carbocycles. The van der Waals surface area contributed by atoms with Crippen LogP contribution in [-0.4, -0.2) is 38.6 Å². The lowest BCUT2D eigenvalue weighted by Gasteiger charge is -2.09. The lowest BCUT2D eigenvalue weighted by atomic mass is 10.2. The molecule has 26 heavy (non-hydrogen) atoms. The highest BCUT2D eigenvalue weighted by atomic mass is 16.5. The third-order valence-electron chi connectivity index (χ3n) is 3.71. The maximum atomic E-state index is 12.0. The van der Waals surface area contributed by atoms with Crippen LogP contribution >= 0.6 is 0 Å². The number of methoxy groups -OCH3 is 1. The van der Waals surface area contributed by atoms with Crippen molar-refractivity contribution in [2.75, 3.05) is 37.4 Å². The largest absolute Gasteiger partial charge is 0.385 e. The SMILES string of the molecule is COCCCNC(=O)c1ccc(NC(=O)CNc2cccc(C)c2)cc1. The summed E-state index contributed by atoms with van der Waals surface area (Å²) in [4.78, 5) is 24.0. The molecule has 0 spiro atoms. The molecule has 0 radical (unpaired) electrons. The number of hydrogen-bond donors (Lipinski definition) is 3. The Morgan fingerprint density at radius 2 is 1.81 bits per heavy atom. The van der Waals surface area contributed by atoms with Gasteiger partial charge >= 0.3 is 0 Å². The van der Waals surface area contributed by atoms with Crippen LogP contribution in [0.15, 0.2) is 48.5 Å². The molecule has 0 saturated carbocycles. The third-order valence-corrected chi connectivity index (χ3v) is 3.71. The van der Waals surface area contributed by atoms with Crippen LogP contribution in [0, 0.1) is 6.92 Å². The number of rotatable bonds is 9. The zero-order chi connectivity index (χ0) is 18.8. The van der Waals surface area contributed by atoms with Crippen molar-refractivity contribution >= 4 is 23.2 Å². The maximum absolute atomic E-state index is 12.0. The Bertz CT molecular complexity index is 729. The Balaban J connectivity index is 1.78. The fraction of sp³-hybridized carbons (Fsp3) is 0.300. The zero-order valence-corrected chi connectivity index (χ0v) is 15.2. The van der Waals surface area contributed by atoms with Gasteiger partial charge in [0.2, 0.25) is 5.91 Å². The summed E-state index contributed by atoms with van der Waals surface area (Å²) >= 11 is 0. The smallest absolute Gasteiger partial charge is 0.251 e. The summed E-state index contributed by atoms with van der Waals surface area (Å²) in [6.45, 7) is 3.35. The molecule has 138 valence electrons. The molecular formula is C20H25N3O3. The number of amides is 2. The van der Waals surface area contributed by atoms with Gasteiger partial charge in [-0.15, -0.1) is 0 Å². The zero-order valence-electron chi connectivity index (χ0n) is 15.2. The second-order valence-electron chi connectivity index (χ2n) is 5.95. The first-order valence-corrected chi connectivity index (χ1v) is 8.56. The normalized spacial score (nSPS) is 10.2. The van der Waals surface area contributed by atoms with Crippen molar-refractivity contribution < 1.29 is 14.3 Å². The van der Waals surface area contributed by atoms with Crippen molar-refractivity contribution in [3.8, 4) is 0 Å². The van der Waals surface area contributed by atoms with Crippen molar-refractivity contribution in [2.24, 2.45) is 0 Å². The van der Waals surface area contributed by atoms with Crippen molar-refractivity contribution in [3.63, 3.8) is 0 Å². The average molecular weight is 355 g/mol. The highest BCUT2D eigenvalue weighted by Crippen LogP contribution is 2.11. The van der Waals surface area contributed by atoms with Gasteiger partial charge in [0.15, 0.2) is 0 Å². The van der Waals surface area contributed by atoms with Gasteiger partial charge < -0.3 is 20.7 Å². The molecule has 0 bridgehead atoms. The second-order valence-corrected chi connectivity index (χ2v) is 5.95. The fourth-order valence-electron chi connectivity index (χ4n) is 2.37. The maximum Gasteiger partial charge on any atom is 0.251 e. The molecule has 3 N–H and O–H groups in total. The fourth-order valence-corrected chi connectivity index (χ4v) is 2.37. The van der Waals surface area contributed by atoms with Gasteiger partial charge in [-0.1, -0.05) is 12.1 Å². The summed E-state index contributed by atoms with van der Waals surface area (Å²) in [6.07, 6.45) is 0.768. The van der Waals surface area contributed by atoms with E-state index in [-0.39, 0.29) is 18.4 Å². The van der Waals surface area contributed by atoms with Crippen LogP contribution < -0.4 is 16.0 Å². The predicted molar refractivity (Wildman–Crippen MR) is 104 cm³/mol. The monoisotopic (exact) mass is 355 g/mol. The lowest BCUT2D eigenvalue weighted by Crippen LogP contribution is -2.25. The van der Waals surface area contributed by atoms with Gasteiger partial charge in [-0.05, 0) is 55.3 Å². The van der Waals surface area contributed by atoms with E-state index in [1.165, 1.54) is 0 Å². The average Bonchev–Trinajstić information content (AvgIpc) is 2.64. The molecule has 0 atom stereocenters. The number of nitrogens with one attached hydrogen (secondary N) is 3. The summed E-state index contributed by atoms with van der Waals surface area (Å²) < 4.78 is 4.94. The quantitative estimate of drug-likeness (QED) is 0.604. The standard InChI is InChI=1S/C20H25N3O3/c1-15-5-3-6-18(13-15)22-14-19(24)23-17-9-7-16(8-10-17)20(25)21-11-4-12-26-2/h3,5-10,13,22H,4,11-12,14H2,1-2H3,(H,21,25)(H,23,24). The number of benzene rings is 2. The molecule has 0 unspecified atom stereocenters. The summed E-state index contributed by atoms with van der Waals surface area (Å²) in [5.41, 5.74) is 3.24. The number of anilines is 2. The van der Waals surface area contributed by atoms with E-state index in [0.29, 0.717) is 24.4 Å². The van der Waals surface area contributed by atoms with E-state index in [1.54, 1.807) is 31.4 Å². The molecule has 2 aromatic rings. The van der Waals surface area contributed by atoms with E-state index >= 15 is 0 Å². The molecule has 0 aliphatic rings. The van der Waals surface area contributed by atoms with Crippen molar-refractivity contribution in [1.29, 1.82) is 0 Å². The molecule has 2 amide bonds. The van der Waals surface area contributed by atoms with E-state index in [2.05, 4.69) is 16.0 Å². The van der Waals surface area contributed by atoms with Crippen LogP contribution in [0.25, 0.3) is 0 Å². The van der Waals surface area contributed by atoms with E-state index in [9.17, 15) is 9.59 Å². The first-order valence-electron chi connectivity index (χ1n) is 8.56. The van der Waals surface area contributed by atoms with Gasteiger partial charge in [0.05, 0.1) is 6.54 Å². The van der Waals surface area contributed by atoms with Crippen LogP contribution in [0.4, 0.5) is 11.4 Å². The first kappa shape index (κ1) is 19.5. The predicted octanol–water partition coefficient (Wildman–Crippen LogP) is 2.81. The Morgan fingerprint density at radius 3 is 2.50 bits per heavy atom. The minimum absolute atomic E-state index is 0.139. The number of carbonyl (C=O) groups is 2. The highest BCUT2D eigenvalue weighted by Gasteiger charge is 2.06. The summed E-state index contributed by atoms with van der Waals surface area (Å²) in [5, 5.41) is 8.71. The van der Waals surface area contributed by atoms with Gasteiger partial charge in [-0.3, -0.25) is 9.59 Å². The Labute approximate surface area is 153 Å². The topological polar surface area (TPSA) is 79.5 Å². The molecule has 0 heterocycles. The molecule has 2 rings (SSSR count). The first-order chi connectivity index (χ1) is 12.6. The van der Waals surface area contributed by atoms with Crippen LogP contribution in [0.3, 0.4) is 0 Å². The van der Waals surface area contributed by atoms with Crippen molar-refractivity contribution in [1.82, 2.24) is 5.32 Å². The van der Waals surface area contributed by atoms with Crippen LogP contribution in [0.1, 0.15) is 22.3 Å². The summed E-state index contributed by atoms with van der Waals surface area (Å²) in [5.74, 6) is -0.289. The van der Waals surface area contributed by atoms with Crippen LogP contribution in [0.2, 0.25) is 0 Å². The molecule has 0 saturated heterocycles. The van der Waals surface area contributed by atoms with Gasteiger partial charge in [0.25, 0.3) is 5.91 Å². The Morgan fingerprint density at radius 1 is 1.04 bits per heavy atom. The van der Waals surface area contributed by atoms with E-state index in [0.717, 1.165) is 17.7 Å². The van der Waals surface area contributed by atoms with Crippen molar-refractivity contribution in [3.05, 3.63) is 59.7 Å². The number of aryl methyl sites for hydroxylation is 1. The second kappa shape index (κ2) is 10.2. The van der Waals surface area contributed by atoms with E-state index in [1.807, 2.05) is 31.2 Å². The van der Waals surface area contributed by atoms with Crippen molar-refractivity contribution in [2.45, 2.75) is 13.3 Å². The minimum Gasteiger partial charge on any atom is -0.385 e. The van der Waals surface area contributed by atoms with Crippen LogP contribution in [-0.2, 0) is 9.53 Å². The van der Waals surface area contributed by atoms with Gasteiger partial charge in [-0.25, -0.2) is 0 Å². The Kier molecular flexibility index (Phi) is 7.64. The Hall–Kier alpha value is -2.86.